The van der Waals surface area contributed by atoms with Crippen molar-refractivity contribution < 1.29 is 14.3 Å². The van der Waals surface area contributed by atoms with E-state index in [2.05, 4.69) is 15.6 Å². The number of H-pyrrole nitrogens is 1. The lowest BCUT2D eigenvalue weighted by atomic mass is 10.0. The molecule has 170 valence electrons. The summed E-state index contributed by atoms with van der Waals surface area (Å²) in [5, 5.41) is 8.79. The molecule has 0 fully saturated rings. The first-order chi connectivity index (χ1) is 16.1. The summed E-state index contributed by atoms with van der Waals surface area (Å²) >= 11 is 1.35. The molecule has 7 heteroatoms. The molecule has 6 nitrogen and oxygen atoms in total. The Kier molecular flexibility index (Phi) is 7.55. The van der Waals surface area contributed by atoms with E-state index in [0.29, 0.717) is 31.1 Å². The number of carbonyl (C=O) groups is 2. The van der Waals surface area contributed by atoms with E-state index in [1.165, 1.54) is 11.3 Å². The monoisotopic (exact) mass is 461 g/mol. The van der Waals surface area contributed by atoms with Crippen LogP contribution in [0, 0.1) is 0 Å². The standard InChI is InChI=1S/C26H27N3O3S/c1-2-32-17-19-11-9-18(10-12-19)15-28-25(30)23(29-26(31)24-8-5-13-33-24)14-20-16-27-22-7-4-3-6-21(20)22/h3-13,16,23,27H,2,14-15,17H2,1H3,(H,28,30)(H,29,31). The van der Waals surface area contributed by atoms with Crippen molar-refractivity contribution in [3.63, 3.8) is 0 Å². The molecule has 0 spiro atoms. The van der Waals surface area contributed by atoms with Crippen LogP contribution in [0.5, 0.6) is 0 Å². The second kappa shape index (κ2) is 10.9. The van der Waals surface area contributed by atoms with Crippen LogP contribution < -0.4 is 10.6 Å². The second-order valence-corrected chi connectivity index (χ2v) is 8.69. The molecule has 0 radical (unpaired) electrons. The van der Waals surface area contributed by atoms with E-state index >= 15 is 0 Å². The normalized spacial score (nSPS) is 11.9. The number of aromatic amines is 1. The van der Waals surface area contributed by atoms with Crippen LogP contribution in [0.2, 0.25) is 0 Å². The largest absolute Gasteiger partial charge is 0.377 e. The third kappa shape index (κ3) is 5.88. The van der Waals surface area contributed by atoms with E-state index in [1.807, 2.05) is 73.1 Å². The molecule has 0 aliphatic carbocycles. The van der Waals surface area contributed by atoms with Gasteiger partial charge in [-0.05, 0) is 41.1 Å². The van der Waals surface area contributed by atoms with Crippen LogP contribution in [0.25, 0.3) is 10.9 Å². The van der Waals surface area contributed by atoms with Crippen LogP contribution in [0.1, 0.15) is 33.3 Å². The summed E-state index contributed by atoms with van der Waals surface area (Å²) in [7, 11) is 0. The summed E-state index contributed by atoms with van der Waals surface area (Å²) in [5.41, 5.74) is 4.06. The molecule has 33 heavy (non-hydrogen) atoms. The minimum atomic E-state index is -0.698. The third-order valence-electron chi connectivity index (χ3n) is 5.43. The van der Waals surface area contributed by atoms with E-state index in [9.17, 15) is 9.59 Å². The first-order valence-corrected chi connectivity index (χ1v) is 11.8. The first-order valence-electron chi connectivity index (χ1n) is 11.0. The average Bonchev–Trinajstić information content (AvgIpc) is 3.52. The average molecular weight is 462 g/mol. The highest BCUT2D eigenvalue weighted by Crippen LogP contribution is 2.20. The molecule has 0 saturated carbocycles. The van der Waals surface area contributed by atoms with Gasteiger partial charge in [-0.1, -0.05) is 48.5 Å². The number of aromatic nitrogens is 1. The number of para-hydroxylation sites is 1. The summed E-state index contributed by atoms with van der Waals surface area (Å²) in [6.45, 7) is 3.60. The van der Waals surface area contributed by atoms with Crippen LogP contribution in [0.3, 0.4) is 0 Å². The zero-order chi connectivity index (χ0) is 23.0. The number of hydrogen-bond donors (Lipinski definition) is 3. The molecule has 4 aromatic rings. The Balaban J connectivity index is 1.46. The van der Waals surface area contributed by atoms with Crippen molar-refractivity contribution in [1.82, 2.24) is 15.6 Å². The Labute approximate surface area is 197 Å². The number of carbonyl (C=O) groups excluding carboxylic acids is 2. The van der Waals surface area contributed by atoms with Gasteiger partial charge in [-0.25, -0.2) is 0 Å². The summed E-state index contributed by atoms with van der Waals surface area (Å²) in [4.78, 5) is 29.7. The van der Waals surface area contributed by atoms with Crippen LogP contribution in [-0.4, -0.2) is 29.4 Å². The SMILES string of the molecule is CCOCc1ccc(CNC(=O)C(Cc2c[nH]c3ccccc23)NC(=O)c2cccs2)cc1. The van der Waals surface area contributed by atoms with Crippen molar-refractivity contribution in [3.05, 3.63) is 93.8 Å². The van der Waals surface area contributed by atoms with Gasteiger partial charge < -0.3 is 20.4 Å². The van der Waals surface area contributed by atoms with Crippen molar-refractivity contribution in [2.24, 2.45) is 0 Å². The molecule has 0 saturated heterocycles. The Hall–Kier alpha value is -3.42. The van der Waals surface area contributed by atoms with Gasteiger partial charge in [0.05, 0.1) is 11.5 Å². The van der Waals surface area contributed by atoms with Crippen LogP contribution >= 0.6 is 11.3 Å². The predicted octanol–water partition coefficient (Wildman–Crippen LogP) is 4.42. The quantitative estimate of drug-likeness (QED) is 0.327. The number of fused-ring (bicyclic) bond motifs is 1. The van der Waals surface area contributed by atoms with Crippen molar-refractivity contribution in [2.75, 3.05) is 6.61 Å². The van der Waals surface area contributed by atoms with Crippen LogP contribution in [0.15, 0.2) is 72.2 Å². The Morgan fingerprint density at radius 2 is 1.82 bits per heavy atom. The number of rotatable bonds is 10. The van der Waals surface area contributed by atoms with Gasteiger partial charge in [0.1, 0.15) is 6.04 Å². The fraction of sp³-hybridized carbons (Fsp3) is 0.231. The maximum atomic E-state index is 13.1. The number of amides is 2. The smallest absolute Gasteiger partial charge is 0.262 e. The van der Waals surface area contributed by atoms with E-state index in [4.69, 9.17) is 4.74 Å². The molecule has 1 atom stereocenters. The molecule has 2 aromatic carbocycles. The molecule has 0 aliphatic heterocycles. The lowest BCUT2D eigenvalue weighted by Gasteiger charge is -2.18. The van der Waals surface area contributed by atoms with Gasteiger partial charge in [0.25, 0.3) is 5.91 Å². The Bertz CT molecular complexity index is 1200. The molecule has 2 aromatic heterocycles. The minimum absolute atomic E-state index is 0.219. The van der Waals surface area contributed by atoms with E-state index in [-0.39, 0.29) is 11.8 Å². The molecule has 1 unspecified atom stereocenters. The van der Waals surface area contributed by atoms with Gasteiger partial charge in [0.15, 0.2) is 0 Å². The highest BCUT2D eigenvalue weighted by atomic mass is 32.1. The fourth-order valence-corrected chi connectivity index (χ4v) is 4.28. The van der Waals surface area contributed by atoms with E-state index in [1.54, 1.807) is 6.07 Å². The number of nitrogens with one attached hydrogen (secondary N) is 3. The third-order valence-corrected chi connectivity index (χ3v) is 6.30. The van der Waals surface area contributed by atoms with Gasteiger partial charge >= 0.3 is 0 Å². The van der Waals surface area contributed by atoms with Gasteiger partial charge in [-0.3, -0.25) is 9.59 Å². The maximum Gasteiger partial charge on any atom is 0.262 e. The van der Waals surface area contributed by atoms with Crippen molar-refractivity contribution in [2.45, 2.75) is 32.5 Å². The molecule has 4 rings (SSSR count). The Morgan fingerprint density at radius 1 is 1.03 bits per heavy atom. The van der Waals surface area contributed by atoms with Gasteiger partial charge in [-0.15, -0.1) is 11.3 Å². The van der Waals surface area contributed by atoms with Crippen molar-refractivity contribution in [1.29, 1.82) is 0 Å². The van der Waals surface area contributed by atoms with Gasteiger partial charge in [0.2, 0.25) is 5.91 Å². The highest BCUT2D eigenvalue weighted by molar-refractivity contribution is 7.12. The summed E-state index contributed by atoms with van der Waals surface area (Å²) in [5.74, 6) is -0.464. The lowest BCUT2D eigenvalue weighted by molar-refractivity contribution is -0.123. The topological polar surface area (TPSA) is 83.2 Å². The highest BCUT2D eigenvalue weighted by Gasteiger charge is 2.23. The number of ether oxygens (including phenoxy) is 1. The summed E-state index contributed by atoms with van der Waals surface area (Å²) in [6.07, 6.45) is 2.29. The van der Waals surface area contributed by atoms with Crippen LogP contribution in [-0.2, 0) is 29.1 Å². The number of benzene rings is 2. The van der Waals surface area contributed by atoms with Crippen molar-refractivity contribution >= 4 is 34.1 Å². The number of thiophene rings is 1. The summed E-state index contributed by atoms with van der Waals surface area (Å²) in [6, 6.07) is 18.8. The predicted molar refractivity (Wildman–Crippen MR) is 131 cm³/mol. The van der Waals surface area contributed by atoms with Crippen molar-refractivity contribution in [3.8, 4) is 0 Å². The number of hydrogen-bond acceptors (Lipinski definition) is 4. The fourth-order valence-electron chi connectivity index (χ4n) is 3.65. The molecule has 2 amide bonds. The molecular formula is C26H27N3O3S. The second-order valence-electron chi connectivity index (χ2n) is 7.74. The Morgan fingerprint density at radius 3 is 2.58 bits per heavy atom. The lowest BCUT2D eigenvalue weighted by Crippen LogP contribution is -2.47. The minimum Gasteiger partial charge on any atom is -0.377 e. The van der Waals surface area contributed by atoms with Gasteiger partial charge in [-0.2, -0.15) is 0 Å². The van der Waals surface area contributed by atoms with E-state index in [0.717, 1.165) is 27.6 Å². The molecule has 2 heterocycles. The van der Waals surface area contributed by atoms with Crippen LogP contribution in [0.4, 0.5) is 0 Å². The molecule has 3 N–H and O–H groups in total. The first kappa shape index (κ1) is 22.8. The van der Waals surface area contributed by atoms with E-state index < -0.39 is 6.04 Å². The summed E-state index contributed by atoms with van der Waals surface area (Å²) < 4.78 is 5.43. The molecule has 0 aliphatic rings. The van der Waals surface area contributed by atoms with Gasteiger partial charge in [0, 0.05) is 36.7 Å². The molecule has 0 bridgehead atoms. The zero-order valence-corrected chi connectivity index (χ0v) is 19.3. The molecular weight excluding hydrogens is 434 g/mol. The maximum absolute atomic E-state index is 13.1. The zero-order valence-electron chi connectivity index (χ0n) is 18.5.